The highest BCUT2D eigenvalue weighted by Gasteiger charge is 2.16. The van der Waals surface area contributed by atoms with Gasteiger partial charge in [0, 0.05) is 37.2 Å². The highest BCUT2D eigenvalue weighted by atomic mass is 32.2. The molecule has 0 bridgehead atoms. The van der Waals surface area contributed by atoms with E-state index in [4.69, 9.17) is 4.74 Å². The van der Waals surface area contributed by atoms with Gasteiger partial charge in [-0.15, -0.1) is 10.2 Å². The molecule has 0 amide bonds. The predicted molar refractivity (Wildman–Crippen MR) is 99.5 cm³/mol. The Morgan fingerprint density at radius 3 is 2.92 bits per heavy atom. The van der Waals surface area contributed by atoms with Crippen LogP contribution in [0.2, 0.25) is 0 Å². The van der Waals surface area contributed by atoms with E-state index in [0.29, 0.717) is 18.9 Å². The Balaban J connectivity index is 1.92. The van der Waals surface area contributed by atoms with Gasteiger partial charge in [-0.1, -0.05) is 30.0 Å². The van der Waals surface area contributed by atoms with Crippen LogP contribution >= 0.6 is 23.1 Å². The summed E-state index contributed by atoms with van der Waals surface area (Å²) in [5, 5.41) is 12.1. The molecule has 0 saturated heterocycles. The lowest BCUT2D eigenvalue weighted by Crippen LogP contribution is -2.06. The number of rotatable bonds is 10. The quantitative estimate of drug-likeness (QED) is 0.394. The van der Waals surface area contributed by atoms with E-state index in [1.165, 1.54) is 23.1 Å². The van der Waals surface area contributed by atoms with Crippen LogP contribution in [0, 0.1) is 13.8 Å². The van der Waals surface area contributed by atoms with Crippen molar-refractivity contribution >= 4 is 34.0 Å². The number of ether oxygens (including phenoxy) is 1. The lowest BCUT2D eigenvalue weighted by Gasteiger charge is -2.07. The van der Waals surface area contributed by atoms with Gasteiger partial charge in [-0.25, -0.2) is 0 Å². The van der Waals surface area contributed by atoms with Gasteiger partial charge in [0.1, 0.15) is 0 Å². The summed E-state index contributed by atoms with van der Waals surface area (Å²) in [4.78, 5) is 12.5. The van der Waals surface area contributed by atoms with Crippen molar-refractivity contribution in [3.05, 3.63) is 23.0 Å². The van der Waals surface area contributed by atoms with Crippen molar-refractivity contribution < 1.29 is 9.53 Å². The van der Waals surface area contributed by atoms with E-state index in [9.17, 15) is 4.79 Å². The monoisotopic (exact) mass is 368 g/mol. The molecule has 132 valence electrons. The fourth-order valence-electron chi connectivity index (χ4n) is 2.46. The zero-order valence-electron chi connectivity index (χ0n) is 14.6. The number of aromatic nitrogens is 3. The maximum atomic E-state index is 12.5. The first-order valence-electron chi connectivity index (χ1n) is 7.95. The molecule has 0 aliphatic carbocycles. The number of hydrogen-bond acceptors (Lipinski definition) is 7. The van der Waals surface area contributed by atoms with Crippen LogP contribution in [0.5, 0.6) is 0 Å². The first-order valence-corrected chi connectivity index (χ1v) is 9.76. The molecular formula is C16H24N4O2S2. The molecule has 2 aromatic rings. The Kier molecular flexibility index (Phi) is 7.26. The average Bonchev–Trinajstić information content (AvgIpc) is 3.13. The molecule has 0 atom stereocenters. The van der Waals surface area contributed by atoms with Crippen LogP contribution in [0.1, 0.15) is 35.1 Å². The number of Topliss-reactive ketones (excluding diaryl/α,β-unsaturated/α-hetero) is 1. The van der Waals surface area contributed by atoms with Gasteiger partial charge >= 0.3 is 0 Å². The zero-order valence-corrected chi connectivity index (χ0v) is 16.2. The van der Waals surface area contributed by atoms with Gasteiger partial charge in [-0.3, -0.25) is 4.79 Å². The van der Waals surface area contributed by atoms with Crippen LogP contribution < -0.4 is 5.32 Å². The van der Waals surface area contributed by atoms with E-state index < -0.39 is 0 Å². The largest absolute Gasteiger partial charge is 0.383 e. The minimum atomic E-state index is 0.138. The van der Waals surface area contributed by atoms with E-state index >= 15 is 0 Å². The highest BCUT2D eigenvalue weighted by molar-refractivity contribution is 8.01. The zero-order chi connectivity index (χ0) is 17.5. The molecule has 0 aliphatic heterocycles. The molecule has 0 radical (unpaired) electrons. The first kappa shape index (κ1) is 19.0. The fraction of sp³-hybridized carbons (Fsp3) is 0.562. The maximum absolute atomic E-state index is 12.5. The summed E-state index contributed by atoms with van der Waals surface area (Å²) in [5.74, 6) is 0.517. The first-order chi connectivity index (χ1) is 11.6. The lowest BCUT2D eigenvalue weighted by atomic mass is 10.2. The Hall–Kier alpha value is -1.38. The summed E-state index contributed by atoms with van der Waals surface area (Å²) in [6, 6.07) is 1.99. The van der Waals surface area contributed by atoms with Gasteiger partial charge in [-0.2, -0.15) is 0 Å². The predicted octanol–water partition coefficient (Wildman–Crippen LogP) is 3.40. The molecule has 8 heteroatoms. The van der Waals surface area contributed by atoms with Crippen molar-refractivity contribution in [1.29, 1.82) is 0 Å². The topological polar surface area (TPSA) is 69.0 Å². The number of carbonyl (C=O) groups excluding carboxylic acids is 1. The maximum Gasteiger partial charge on any atom is 0.206 e. The van der Waals surface area contributed by atoms with Gasteiger partial charge in [-0.05, 0) is 26.3 Å². The third-order valence-corrected chi connectivity index (χ3v) is 5.65. The van der Waals surface area contributed by atoms with E-state index in [0.717, 1.165) is 39.4 Å². The van der Waals surface area contributed by atoms with Crippen LogP contribution in [-0.4, -0.2) is 46.6 Å². The SMILES string of the molecule is CCCn1c(C)cc(C(=O)CSc2nnc(NCCOC)s2)c1C. The second-order valence-corrected chi connectivity index (χ2v) is 7.64. The Labute approximate surface area is 151 Å². The summed E-state index contributed by atoms with van der Waals surface area (Å²) in [6.45, 7) is 8.47. The molecule has 2 aromatic heterocycles. The number of nitrogens with one attached hydrogen (secondary N) is 1. The summed E-state index contributed by atoms with van der Waals surface area (Å²) in [5.41, 5.74) is 3.01. The number of nitrogens with zero attached hydrogens (tertiary/aromatic N) is 3. The third kappa shape index (κ3) is 4.81. The van der Waals surface area contributed by atoms with E-state index in [2.05, 4.69) is 33.9 Å². The van der Waals surface area contributed by atoms with Crippen molar-refractivity contribution in [3.8, 4) is 0 Å². The molecule has 2 heterocycles. The molecule has 6 nitrogen and oxygen atoms in total. The van der Waals surface area contributed by atoms with Crippen molar-refractivity contribution in [2.45, 2.75) is 38.1 Å². The van der Waals surface area contributed by atoms with Crippen molar-refractivity contribution in [2.75, 3.05) is 31.3 Å². The van der Waals surface area contributed by atoms with Crippen LogP contribution in [0.25, 0.3) is 0 Å². The summed E-state index contributed by atoms with van der Waals surface area (Å²) in [6.07, 6.45) is 1.06. The minimum absolute atomic E-state index is 0.138. The van der Waals surface area contributed by atoms with Gasteiger partial charge in [0.05, 0.1) is 12.4 Å². The molecule has 24 heavy (non-hydrogen) atoms. The molecule has 0 saturated carbocycles. The number of thioether (sulfide) groups is 1. The average molecular weight is 369 g/mol. The minimum Gasteiger partial charge on any atom is -0.383 e. The number of methoxy groups -OCH3 is 1. The summed E-state index contributed by atoms with van der Waals surface area (Å²) >= 11 is 2.89. The van der Waals surface area contributed by atoms with Crippen molar-refractivity contribution in [2.24, 2.45) is 0 Å². The highest BCUT2D eigenvalue weighted by Crippen LogP contribution is 2.27. The second-order valence-electron chi connectivity index (χ2n) is 5.44. The molecule has 0 spiro atoms. The summed E-state index contributed by atoms with van der Waals surface area (Å²) < 4.78 is 7.99. The standard InChI is InChI=1S/C16H24N4O2S2/c1-5-7-20-11(2)9-13(12(20)3)14(21)10-23-16-19-18-15(24-16)17-6-8-22-4/h9H,5-8,10H2,1-4H3,(H,17,18). The smallest absolute Gasteiger partial charge is 0.206 e. The number of anilines is 1. The Morgan fingerprint density at radius 2 is 2.21 bits per heavy atom. The normalized spacial score (nSPS) is 11.0. The molecule has 2 rings (SSSR count). The molecule has 0 aliphatic rings. The van der Waals surface area contributed by atoms with Crippen molar-refractivity contribution in [3.63, 3.8) is 0 Å². The van der Waals surface area contributed by atoms with Crippen LogP contribution in [-0.2, 0) is 11.3 Å². The fourth-order valence-corrected chi connectivity index (χ4v) is 4.12. The molecule has 0 unspecified atom stereocenters. The van der Waals surface area contributed by atoms with Crippen LogP contribution in [0.4, 0.5) is 5.13 Å². The molecule has 1 N–H and O–H groups in total. The summed E-state index contributed by atoms with van der Waals surface area (Å²) in [7, 11) is 1.66. The van der Waals surface area contributed by atoms with Gasteiger partial charge in [0.25, 0.3) is 0 Å². The van der Waals surface area contributed by atoms with Gasteiger partial charge in [0.15, 0.2) is 10.1 Å². The van der Waals surface area contributed by atoms with Crippen LogP contribution in [0.15, 0.2) is 10.4 Å². The molecule has 0 fully saturated rings. The number of carbonyl (C=O) groups is 1. The number of hydrogen-bond donors (Lipinski definition) is 1. The number of aryl methyl sites for hydroxylation is 1. The lowest BCUT2D eigenvalue weighted by molar-refractivity contribution is 0.102. The number of ketones is 1. The Bertz CT molecular complexity index is 682. The van der Waals surface area contributed by atoms with E-state index in [1.54, 1.807) is 7.11 Å². The van der Waals surface area contributed by atoms with Gasteiger partial charge < -0.3 is 14.6 Å². The molecular weight excluding hydrogens is 344 g/mol. The van der Waals surface area contributed by atoms with E-state index in [1.807, 2.05) is 13.0 Å². The molecule has 0 aromatic carbocycles. The van der Waals surface area contributed by atoms with Crippen molar-refractivity contribution in [1.82, 2.24) is 14.8 Å². The van der Waals surface area contributed by atoms with Crippen LogP contribution in [0.3, 0.4) is 0 Å². The van der Waals surface area contributed by atoms with E-state index in [-0.39, 0.29) is 5.78 Å². The van der Waals surface area contributed by atoms with Gasteiger partial charge in [0.2, 0.25) is 5.13 Å². The Morgan fingerprint density at radius 1 is 1.42 bits per heavy atom. The second kappa shape index (κ2) is 9.19. The third-order valence-electron chi connectivity index (χ3n) is 3.64.